The van der Waals surface area contributed by atoms with Gasteiger partial charge < -0.3 is 15.2 Å². The van der Waals surface area contributed by atoms with Crippen LogP contribution in [0.3, 0.4) is 0 Å². The molecule has 0 radical (unpaired) electrons. The molecule has 1 saturated carbocycles. The Bertz CT molecular complexity index is 1060. The Hall–Kier alpha value is -2.80. The standard InChI is InChI=1S/C22H27N5O2/c1-13-25-19(17-6-4-5-11-27(13)17)21-24-12-16(20(23)28)18(26-21)14-7-9-15(10-8-14)22(2,3)29/h4-6,11-12,14-15,29H,7-10H2,1-3H3,(H2,23,28)/t14-,15-. The molecule has 3 N–H and O–H groups in total. The van der Waals surface area contributed by atoms with Gasteiger partial charge in [0.05, 0.1) is 22.4 Å². The minimum Gasteiger partial charge on any atom is -0.390 e. The monoisotopic (exact) mass is 393 g/mol. The second kappa shape index (κ2) is 7.22. The molecule has 0 unspecified atom stereocenters. The molecule has 7 heteroatoms. The van der Waals surface area contributed by atoms with E-state index in [1.165, 1.54) is 6.20 Å². The van der Waals surface area contributed by atoms with Crippen molar-refractivity contribution in [2.75, 3.05) is 0 Å². The van der Waals surface area contributed by atoms with Crippen LogP contribution in [-0.4, -0.2) is 36.0 Å². The first-order valence-electron chi connectivity index (χ1n) is 10.1. The lowest BCUT2D eigenvalue weighted by Gasteiger charge is -2.35. The Labute approximate surface area is 170 Å². The molecule has 0 atom stereocenters. The molecule has 0 bridgehead atoms. The summed E-state index contributed by atoms with van der Waals surface area (Å²) >= 11 is 0. The number of imidazole rings is 1. The fourth-order valence-electron chi connectivity index (χ4n) is 4.44. The molecular formula is C22H27N5O2. The largest absolute Gasteiger partial charge is 0.390 e. The Morgan fingerprint density at radius 3 is 2.59 bits per heavy atom. The van der Waals surface area contributed by atoms with E-state index in [1.807, 2.05) is 49.6 Å². The number of primary amides is 1. The molecule has 1 aliphatic rings. The van der Waals surface area contributed by atoms with Crippen molar-refractivity contribution in [3.8, 4) is 11.5 Å². The average molecular weight is 393 g/mol. The van der Waals surface area contributed by atoms with Crippen molar-refractivity contribution >= 4 is 11.4 Å². The van der Waals surface area contributed by atoms with Crippen molar-refractivity contribution in [2.24, 2.45) is 11.7 Å². The van der Waals surface area contributed by atoms with E-state index in [0.717, 1.165) is 37.0 Å². The summed E-state index contributed by atoms with van der Waals surface area (Å²) in [6.45, 7) is 5.66. The van der Waals surface area contributed by atoms with E-state index in [1.54, 1.807) is 0 Å². The quantitative estimate of drug-likeness (QED) is 0.708. The number of hydrogen-bond acceptors (Lipinski definition) is 5. The summed E-state index contributed by atoms with van der Waals surface area (Å²) in [5.41, 5.74) is 7.63. The first kappa shape index (κ1) is 19.5. The highest BCUT2D eigenvalue weighted by atomic mass is 16.3. The van der Waals surface area contributed by atoms with E-state index in [2.05, 4.69) is 9.97 Å². The summed E-state index contributed by atoms with van der Waals surface area (Å²) in [5, 5.41) is 10.3. The average Bonchev–Trinajstić information content (AvgIpc) is 3.04. The molecule has 29 heavy (non-hydrogen) atoms. The highest BCUT2D eigenvalue weighted by Crippen LogP contribution is 2.40. The van der Waals surface area contributed by atoms with Gasteiger partial charge in [0.1, 0.15) is 11.5 Å². The van der Waals surface area contributed by atoms with Gasteiger partial charge in [-0.3, -0.25) is 4.79 Å². The molecule has 0 aliphatic heterocycles. The summed E-state index contributed by atoms with van der Waals surface area (Å²) in [7, 11) is 0. The first-order valence-corrected chi connectivity index (χ1v) is 10.1. The van der Waals surface area contributed by atoms with E-state index in [9.17, 15) is 9.90 Å². The maximum Gasteiger partial charge on any atom is 0.252 e. The van der Waals surface area contributed by atoms with E-state index < -0.39 is 11.5 Å². The lowest BCUT2D eigenvalue weighted by atomic mass is 9.73. The zero-order chi connectivity index (χ0) is 20.8. The third kappa shape index (κ3) is 3.62. The van der Waals surface area contributed by atoms with Gasteiger partial charge in [0, 0.05) is 18.3 Å². The minimum atomic E-state index is -0.693. The third-order valence-corrected chi connectivity index (χ3v) is 6.13. The van der Waals surface area contributed by atoms with E-state index in [-0.39, 0.29) is 11.8 Å². The molecule has 0 aromatic carbocycles. The van der Waals surface area contributed by atoms with Gasteiger partial charge >= 0.3 is 0 Å². The lowest BCUT2D eigenvalue weighted by Crippen LogP contribution is -2.34. The number of nitrogens with two attached hydrogens (primary N) is 1. The summed E-state index contributed by atoms with van der Waals surface area (Å²) in [5.74, 6) is 1.21. The van der Waals surface area contributed by atoms with Crippen molar-refractivity contribution in [2.45, 2.75) is 58.0 Å². The number of aromatic nitrogens is 4. The van der Waals surface area contributed by atoms with Crippen LogP contribution in [0, 0.1) is 12.8 Å². The molecule has 3 heterocycles. The van der Waals surface area contributed by atoms with Crippen LogP contribution in [0.25, 0.3) is 17.0 Å². The molecule has 1 aliphatic carbocycles. The van der Waals surface area contributed by atoms with Gasteiger partial charge in [-0.05, 0) is 64.5 Å². The number of aliphatic hydroxyl groups is 1. The zero-order valence-corrected chi connectivity index (χ0v) is 17.1. The Balaban J connectivity index is 1.73. The van der Waals surface area contributed by atoms with Gasteiger partial charge in [-0.1, -0.05) is 6.07 Å². The predicted molar refractivity (Wildman–Crippen MR) is 110 cm³/mol. The fraction of sp³-hybridized carbons (Fsp3) is 0.455. The molecule has 3 aromatic rings. The number of nitrogens with zero attached hydrogens (tertiary/aromatic N) is 4. The Morgan fingerprint density at radius 2 is 1.93 bits per heavy atom. The van der Waals surface area contributed by atoms with Crippen molar-refractivity contribution in [1.82, 2.24) is 19.4 Å². The summed E-state index contributed by atoms with van der Waals surface area (Å²) < 4.78 is 1.99. The smallest absolute Gasteiger partial charge is 0.252 e. The molecular weight excluding hydrogens is 366 g/mol. The molecule has 7 nitrogen and oxygen atoms in total. The molecule has 3 aromatic heterocycles. The van der Waals surface area contributed by atoms with E-state index in [4.69, 9.17) is 10.7 Å². The molecule has 1 fully saturated rings. The summed E-state index contributed by atoms with van der Waals surface area (Å²) in [6.07, 6.45) is 6.97. The lowest BCUT2D eigenvalue weighted by molar-refractivity contribution is -0.00177. The maximum absolute atomic E-state index is 12.0. The van der Waals surface area contributed by atoms with Crippen LogP contribution in [-0.2, 0) is 0 Å². The maximum atomic E-state index is 12.0. The summed E-state index contributed by atoms with van der Waals surface area (Å²) in [6, 6.07) is 5.89. The molecule has 0 spiro atoms. The minimum absolute atomic E-state index is 0.118. The zero-order valence-electron chi connectivity index (χ0n) is 17.1. The van der Waals surface area contributed by atoms with Crippen LogP contribution < -0.4 is 5.73 Å². The predicted octanol–water partition coefficient (Wildman–Crippen LogP) is 3.24. The summed E-state index contributed by atoms with van der Waals surface area (Å²) in [4.78, 5) is 25.9. The fourth-order valence-corrected chi connectivity index (χ4v) is 4.44. The highest BCUT2D eigenvalue weighted by molar-refractivity contribution is 5.94. The van der Waals surface area contributed by atoms with Gasteiger partial charge in [-0.2, -0.15) is 0 Å². The van der Waals surface area contributed by atoms with Crippen LogP contribution in [0.5, 0.6) is 0 Å². The van der Waals surface area contributed by atoms with Gasteiger partial charge in [0.25, 0.3) is 5.91 Å². The number of rotatable bonds is 4. The number of pyridine rings is 1. The second-order valence-corrected chi connectivity index (χ2v) is 8.52. The molecule has 0 saturated heterocycles. The topological polar surface area (TPSA) is 106 Å². The number of amides is 1. The molecule has 152 valence electrons. The number of aryl methyl sites for hydroxylation is 1. The van der Waals surface area contributed by atoms with Crippen LogP contribution in [0.4, 0.5) is 0 Å². The first-order chi connectivity index (χ1) is 13.8. The van der Waals surface area contributed by atoms with Gasteiger partial charge in [-0.15, -0.1) is 0 Å². The van der Waals surface area contributed by atoms with Gasteiger partial charge in [-0.25, -0.2) is 15.0 Å². The van der Waals surface area contributed by atoms with E-state index >= 15 is 0 Å². The normalized spacial score (nSPS) is 20.1. The number of carbonyl (C=O) groups is 1. The van der Waals surface area contributed by atoms with E-state index in [0.29, 0.717) is 22.8 Å². The van der Waals surface area contributed by atoms with Crippen LogP contribution >= 0.6 is 0 Å². The van der Waals surface area contributed by atoms with Gasteiger partial charge in [0.2, 0.25) is 0 Å². The number of fused-ring (bicyclic) bond motifs is 1. The van der Waals surface area contributed by atoms with Crippen molar-refractivity contribution in [3.05, 3.63) is 47.7 Å². The van der Waals surface area contributed by atoms with Crippen LogP contribution in [0.2, 0.25) is 0 Å². The second-order valence-electron chi connectivity index (χ2n) is 8.52. The number of hydrogen-bond donors (Lipinski definition) is 2. The Kier molecular flexibility index (Phi) is 4.86. The highest BCUT2D eigenvalue weighted by Gasteiger charge is 2.33. The number of carbonyl (C=O) groups excluding carboxylic acids is 1. The molecule has 1 amide bonds. The Morgan fingerprint density at radius 1 is 1.21 bits per heavy atom. The van der Waals surface area contributed by atoms with Crippen molar-refractivity contribution in [1.29, 1.82) is 0 Å². The van der Waals surface area contributed by atoms with Gasteiger partial charge in [0.15, 0.2) is 5.82 Å². The van der Waals surface area contributed by atoms with Crippen molar-refractivity contribution < 1.29 is 9.90 Å². The van der Waals surface area contributed by atoms with Crippen molar-refractivity contribution in [3.63, 3.8) is 0 Å². The third-order valence-electron chi connectivity index (χ3n) is 6.13. The SMILES string of the molecule is Cc1nc(-c2ncc(C(N)=O)c([C@H]3CC[C@H](C(C)(C)O)CC3)n2)c2ccccn12. The molecule has 4 rings (SSSR count). The van der Waals surface area contributed by atoms with Crippen LogP contribution in [0.1, 0.15) is 67.3 Å². The van der Waals surface area contributed by atoms with Crippen LogP contribution in [0.15, 0.2) is 30.6 Å².